The first kappa shape index (κ1) is 23.3. The van der Waals surface area contributed by atoms with Crippen LogP contribution in [0.4, 0.5) is 0 Å². The van der Waals surface area contributed by atoms with E-state index in [1.165, 1.54) is 4.90 Å². The normalized spacial score (nSPS) is 17.2. The molecule has 1 unspecified atom stereocenters. The van der Waals surface area contributed by atoms with Crippen molar-refractivity contribution >= 4 is 29.1 Å². The Hall–Kier alpha value is -3.84. The van der Waals surface area contributed by atoms with Crippen LogP contribution < -0.4 is 4.74 Å². The summed E-state index contributed by atoms with van der Waals surface area (Å²) >= 11 is 6.22. The van der Waals surface area contributed by atoms with E-state index in [9.17, 15) is 14.7 Å². The number of nitrogens with zero attached hydrogens (tertiary/aromatic N) is 3. The Morgan fingerprint density at radius 3 is 2.65 bits per heavy atom. The topological polar surface area (TPSA) is 84.7 Å². The zero-order chi connectivity index (χ0) is 24.1. The number of rotatable bonds is 9. The molecule has 2 heterocycles. The van der Waals surface area contributed by atoms with E-state index in [4.69, 9.17) is 16.3 Å². The molecule has 0 aliphatic carbocycles. The number of likely N-dealkylation sites (tertiary alicyclic amines) is 1. The fourth-order valence-electron chi connectivity index (χ4n) is 4.00. The molecule has 0 spiro atoms. The molecule has 2 aromatic carbocycles. The van der Waals surface area contributed by atoms with Gasteiger partial charge >= 0.3 is 0 Å². The van der Waals surface area contributed by atoms with Crippen molar-refractivity contribution in [3.8, 4) is 5.75 Å². The zero-order valence-corrected chi connectivity index (χ0v) is 19.2. The monoisotopic (exact) mass is 477 g/mol. The highest BCUT2D eigenvalue weighted by Crippen LogP contribution is 2.40. The van der Waals surface area contributed by atoms with Crippen LogP contribution >= 0.6 is 11.6 Å². The summed E-state index contributed by atoms with van der Waals surface area (Å²) in [6, 6.07) is 12.9. The highest BCUT2D eigenvalue weighted by molar-refractivity contribution is 6.46. The molecule has 34 heavy (non-hydrogen) atoms. The van der Waals surface area contributed by atoms with E-state index < -0.39 is 17.7 Å². The number of aliphatic hydroxyl groups is 1. The Balaban J connectivity index is 1.69. The van der Waals surface area contributed by atoms with E-state index in [-0.39, 0.29) is 11.3 Å². The first-order valence-electron chi connectivity index (χ1n) is 10.8. The van der Waals surface area contributed by atoms with E-state index in [0.29, 0.717) is 48.0 Å². The van der Waals surface area contributed by atoms with Crippen LogP contribution in [0.2, 0.25) is 5.02 Å². The number of carbonyl (C=O) groups excluding carboxylic acids is 2. The SMILES string of the molecule is C=CCOc1ccc(C(O)=C2C(=O)C(=O)N(CCCn3ccnc3)C2c2cccc(Cl)c2)cc1. The van der Waals surface area contributed by atoms with Crippen LogP contribution in [0, 0.1) is 0 Å². The van der Waals surface area contributed by atoms with Crippen LogP contribution in [-0.2, 0) is 16.1 Å². The second-order valence-electron chi connectivity index (χ2n) is 7.83. The van der Waals surface area contributed by atoms with E-state index in [0.717, 1.165) is 0 Å². The third kappa shape index (κ3) is 4.89. The van der Waals surface area contributed by atoms with Gasteiger partial charge in [-0.05, 0) is 48.4 Å². The summed E-state index contributed by atoms with van der Waals surface area (Å²) in [6.45, 7) is 4.93. The molecular formula is C26H24ClN3O4. The van der Waals surface area contributed by atoms with Gasteiger partial charge in [-0.3, -0.25) is 9.59 Å². The molecule has 1 aromatic heterocycles. The number of hydrogen-bond donors (Lipinski definition) is 1. The summed E-state index contributed by atoms with van der Waals surface area (Å²) in [4.78, 5) is 31.7. The van der Waals surface area contributed by atoms with Gasteiger partial charge in [0.25, 0.3) is 11.7 Å². The minimum Gasteiger partial charge on any atom is -0.507 e. The number of aromatic nitrogens is 2. The van der Waals surface area contributed by atoms with Crippen LogP contribution in [0.25, 0.3) is 5.76 Å². The summed E-state index contributed by atoms with van der Waals surface area (Å²) in [7, 11) is 0. The molecule has 1 saturated heterocycles. The number of carbonyl (C=O) groups is 2. The number of ketones is 1. The molecule has 174 valence electrons. The lowest BCUT2D eigenvalue weighted by atomic mass is 9.95. The molecule has 7 nitrogen and oxygen atoms in total. The van der Waals surface area contributed by atoms with Gasteiger partial charge < -0.3 is 19.3 Å². The van der Waals surface area contributed by atoms with Crippen LogP contribution in [-0.4, -0.2) is 44.4 Å². The van der Waals surface area contributed by atoms with Crippen LogP contribution in [0.3, 0.4) is 0 Å². The molecule has 1 amide bonds. The van der Waals surface area contributed by atoms with Crippen molar-refractivity contribution in [3.05, 3.63) is 102 Å². The molecule has 4 rings (SSSR count). The maximum atomic E-state index is 13.1. The fraction of sp³-hybridized carbons (Fsp3) is 0.192. The summed E-state index contributed by atoms with van der Waals surface area (Å²) in [5, 5.41) is 11.6. The Bertz CT molecular complexity index is 1220. The third-order valence-corrected chi connectivity index (χ3v) is 5.81. The van der Waals surface area contributed by atoms with Crippen LogP contribution in [0.15, 0.2) is 85.5 Å². The standard InChI is InChI=1S/C26H24ClN3O4/c1-2-15-34-21-9-7-18(8-10-21)24(31)22-23(19-5-3-6-20(27)16-19)30(26(33)25(22)32)13-4-12-29-14-11-28-17-29/h2-3,5-11,14,16-17,23,31H,1,4,12-13,15H2. The Morgan fingerprint density at radius 1 is 1.18 bits per heavy atom. The lowest BCUT2D eigenvalue weighted by Crippen LogP contribution is -2.31. The lowest BCUT2D eigenvalue weighted by Gasteiger charge is -2.25. The zero-order valence-electron chi connectivity index (χ0n) is 18.4. The van der Waals surface area contributed by atoms with Gasteiger partial charge in [0.2, 0.25) is 0 Å². The number of hydrogen-bond acceptors (Lipinski definition) is 5. The van der Waals surface area contributed by atoms with E-state index >= 15 is 0 Å². The van der Waals surface area contributed by atoms with Crippen molar-refractivity contribution in [2.24, 2.45) is 0 Å². The van der Waals surface area contributed by atoms with Crippen LogP contribution in [0.1, 0.15) is 23.6 Å². The van der Waals surface area contributed by atoms with Gasteiger partial charge in [-0.1, -0.05) is 36.4 Å². The average molecular weight is 478 g/mol. The number of aliphatic hydroxyl groups excluding tert-OH is 1. The highest BCUT2D eigenvalue weighted by atomic mass is 35.5. The van der Waals surface area contributed by atoms with Crippen molar-refractivity contribution in [1.82, 2.24) is 14.5 Å². The summed E-state index contributed by atoms with van der Waals surface area (Å²) < 4.78 is 7.39. The van der Waals surface area contributed by atoms with Gasteiger partial charge in [0.15, 0.2) is 0 Å². The van der Waals surface area contributed by atoms with Gasteiger partial charge in [-0.15, -0.1) is 0 Å². The van der Waals surface area contributed by atoms with Gasteiger partial charge in [0.05, 0.1) is 17.9 Å². The second-order valence-corrected chi connectivity index (χ2v) is 8.26. The minimum atomic E-state index is -0.752. The Labute approximate surface area is 202 Å². The number of amides is 1. The highest BCUT2D eigenvalue weighted by Gasteiger charge is 2.45. The molecule has 1 fully saturated rings. The van der Waals surface area contributed by atoms with Gasteiger partial charge in [0, 0.05) is 36.1 Å². The first-order chi connectivity index (χ1) is 16.5. The molecule has 0 bridgehead atoms. The van der Waals surface area contributed by atoms with E-state index in [1.807, 2.05) is 10.8 Å². The molecular weight excluding hydrogens is 454 g/mol. The predicted molar refractivity (Wildman–Crippen MR) is 129 cm³/mol. The summed E-state index contributed by atoms with van der Waals surface area (Å²) in [5.74, 6) is -1.02. The second kappa shape index (κ2) is 10.4. The van der Waals surface area contributed by atoms with Gasteiger partial charge in [0.1, 0.15) is 18.1 Å². The molecule has 0 saturated carbocycles. The van der Waals surface area contributed by atoms with Crippen molar-refractivity contribution in [3.63, 3.8) is 0 Å². The molecule has 1 aliphatic rings. The molecule has 3 aromatic rings. The quantitative estimate of drug-likeness (QED) is 0.210. The smallest absolute Gasteiger partial charge is 0.295 e. The van der Waals surface area contributed by atoms with Crippen molar-refractivity contribution in [2.45, 2.75) is 19.0 Å². The number of imidazole rings is 1. The van der Waals surface area contributed by atoms with E-state index in [1.54, 1.807) is 67.1 Å². The summed E-state index contributed by atoms with van der Waals surface area (Å²) in [5.41, 5.74) is 1.10. The fourth-order valence-corrected chi connectivity index (χ4v) is 4.19. The maximum Gasteiger partial charge on any atom is 0.295 e. The summed E-state index contributed by atoms with van der Waals surface area (Å²) in [6.07, 6.45) is 7.46. The van der Waals surface area contributed by atoms with Crippen LogP contribution in [0.5, 0.6) is 5.75 Å². The molecule has 1 atom stereocenters. The predicted octanol–water partition coefficient (Wildman–Crippen LogP) is 4.61. The number of halogens is 1. The average Bonchev–Trinajstić information content (AvgIpc) is 3.45. The largest absolute Gasteiger partial charge is 0.507 e. The molecule has 1 N–H and O–H groups in total. The Kier molecular flexibility index (Phi) is 7.13. The molecule has 1 aliphatic heterocycles. The Morgan fingerprint density at radius 2 is 1.97 bits per heavy atom. The third-order valence-electron chi connectivity index (χ3n) is 5.57. The van der Waals surface area contributed by atoms with Crippen molar-refractivity contribution in [1.29, 1.82) is 0 Å². The molecule has 8 heteroatoms. The van der Waals surface area contributed by atoms with Crippen molar-refractivity contribution in [2.75, 3.05) is 13.2 Å². The maximum absolute atomic E-state index is 13.1. The lowest BCUT2D eigenvalue weighted by molar-refractivity contribution is -0.139. The van der Waals surface area contributed by atoms with Gasteiger partial charge in [-0.25, -0.2) is 4.98 Å². The number of ether oxygens (including phenoxy) is 1. The number of aryl methyl sites for hydroxylation is 1. The van der Waals surface area contributed by atoms with E-state index in [2.05, 4.69) is 11.6 Å². The minimum absolute atomic E-state index is 0.0367. The van der Waals surface area contributed by atoms with Crippen molar-refractivity contribution < 1.29 is 19.4 Å². The first-order valence-corrected chi connectivity index (χ1v) is 11.2. The molecule has 0 radical (unpaired) electrons. The number of benzene rings is 2. The van der Waals surface area contributed by atoms with Gasteiger partial charge in [-0.2, -0.15) is 0 Å². The number of Topliss-reactive ketones (excluding diaryl/α,β-unsaturated/α-hetero) is 1.